The number of anilines is 1. The van der Waals surface area contributed by atoms with Crippen LogP contribution in [0, 0.1) is 0 Å². The minimum atomic E-state index is 0.154. The SMILES string of the molecule is COc1ccc2c(c1)NC(c1ccccc1)c1cccn1-2. The van der Waals surface area contributed by atoms with E-state index in [4.69, 9.17) is 4.74 Å². The van der Waals surface area contributed by atoms with Crippen LogP contribution in [0.1, 0.15) is 17.3 Å². The van der Waals surface area contributed by atoms with Crippen LogP contribution in [0.5, 0.6) is 5.75 Å². The largest absolute Gasteiger partial charge is 0.497 e. The fraction of sp³-hybridized carbons (Fsp3) is 0.111. The second-order valence-corrected chi connectivity index (χ2v) is 5.17. The highest BCUT2D eigenvalue weighted by Crippen LogP contribution is 2.38. The molecule has 1 aliphatic heterocycles. The zero-order valence-corrected chi connectivity index (χ0v) is 11.8. The molecule has 1 atom stereocenters. The number of rotatable bonds is 2. The average molecular weight is 276 g/mol. The van der Waals surface area contributed by atoms with Crippen molar-refractivity contribution in [2.45, 2.75) is 6.04 Å². The molecule has 0 spiro atoms. The molecular formula is C18H16N2O. The van der Waals surface area contributed by atoms with Crippen LogP contribution in [0.3, 0.4) is 0 Å². The normalized spacial score (nSPS) is 15.8. The summed E-state index contributed by atoms with van der Waals surface area (Å²) in [5.41, 5.74) is 4.75. The van der Waals surface area contributed by atoms with Gasteiger partial charge in [-0.25, -0.2) is 0 Å². The van der Waals surface area contributed by atoms with Crippen LogP contribution in [0.25, 0.3) is 5.69 Å². The third-order valence-corrected chi connectivity index (χ3v) is 3.97. The van der Waals surface area contributed by atoms with Gasteiger partial charge in [-0.15, -0.1) is 0 Å². The van der Waals surface area contributed by atoms with Gasteiger partial charge in [0.15, 0.2) is 0 Å². The van der Waals surface area contributed by atoms with Crippen molar-refractivity contribution in [1.29, 1.82) is 0 Å². The number of benzene rings is 2. The predicted molar refractivity (Wildman–Crippen MR) is 84.2 cm³/mol. The third-order valence-electron chi connectivity index (χ3n) is 3.97. The summed E-state index contributed by atoms with van der Waals surface area (Å²) in [6.07, 6.45) is 2.11. The van der Waals surface area contributed by atoms with Crippen LogP contribution in [0.4, 0.5) is 5.69 Å². The van der Waals surface area contributed by atoms with Crippen LogP contribution in [-0.2, 0) is 0 Å². The first-order valence-corrected chi connectivity index (χ1v) is 7.04. The molecule has 4 rings (SSSR count). The van der Waals surface area contributed by atoms with E-state index >= 15 is 0 Å². The smallest absolute Gasteiger partial charge is 0.121 e. The Labute approximate surface area is 123 Å². The lowest BCUT2D eigenvalue weighted by atomic mass is 10.0. The first-order chi connectivity index (χ1) is 10.4. The quantitative estimate of drug-likeness (QED) is 0.765. The van der Waals surface area contributed by atoms with E-state index in [2.05, 4.69) is 58.5 Å². The highest BCUT2D eigenvalue weighted by molar-refractivity contribution is 5.69. The molecule has 104 valence electrons. The molecule has 0 bridgehead atoms. The van der Waals surface area contributed by atoms with E-state index in [0.717, 1.165) is 17.1 Å². The van der Waals surface area contributed by atoms with E-state index in [1.807, 2.05) is 18.2 Å². The van der Waals surface area contributed by atoms with Gasteiger partial charge in [-0.2, -0.15) is 0 Å². The van der Waals surface area contributed by atoms with Crippen molar-refractivity contribution < 1.29 is 4.74 Å². The lowest BCUT2D eigenvalue weighted by molar-refractivity contribution is 0.415. The predicted octanol–water partition coefficient (Wildman–Crippen LogP) is 4.00. The molecule has 1 N–H and O–H groups in total. The van der Waals surface area contributed by atoms with Gasteiger partial charge in [-0.05, 0) is 29.8 Å². The van der Waals surface area contributed by atoms with Crippen molar-refractivity contribution >= 4 is 5.69 Å². The highest BCUT2D eigenvalue weighted by atomic mass is 16.5. The summed E-state index contributed by atoms with van der Waals surface area (Å²) in [4.78, 5) is 0. The van der Waals surface area contributed by atoms with Gasteiger partial charge in [-0.3, -0.25) is 0 Å². The summed E-state index contributed by atoms with van der Waals surface area (Å²) >= 11 is 0. The maximum absolute atomic E-state index is 5.34. The van der Waals surface area contributed by atoms with E-state index in [9.17, 15) is 0 Å². The summed E-state index contributed by atoms with van der Waals surface area (Å²) in [6, 6.07) is 21.0. The molecule has 3 heteroatoms. The summed E-state index contributed by atoms with van der Waals surface area (Å²) < 4.78 is 7.58. The van der Waals surface area contributed by atoms with Crippen molar-refractivity contribution in [2.75, 3.05) is 12.4 Å². The number of aromatic nitrogens is 1. The molecule has 1 unspecified atom stereocenters. The first-order valence-electron chi connectivity index (χ1n) is 7.04. The van der Waals surface area contributed by atoms with Crippen LogP contribution in [0.2, 0.25) is 0 Å². The number of nitrogens with one attached hydrogen (secondary N) is 1. The van der Waals surface area contributed by atoms with E-state index < -0.39 is 0 Å². The Morgan fingerprint density at radius 3 is 2.67 bits per heavy atom. The summed E-state index contributed by atoms with van der Waals surface area (Å²) in [7, 11) is 1.69. The molecular weight excluding hydrogens is 260 g/mol. The number of hydrogen-bond acceptors (Lipinski definition) is 2. The molecule has 3 nitrogen and oxygen atoms in total. The Balaban J connectivity index is 1.87. The summed E-state index contributed by atoms with van der Waals surface area (Å²) in [5.74, 6) is 0.865. The molecule has 1 aromatic heterocycles. The second-order valence-electron chi connectivity index (χ2n) is 5.17. The van der Waals surface area contributed by atoms with Crippen LogP contribution in [-0.4, -0.2) is 11.7 Å². The van der Waals surface area contributed by atoms with E-state index in [-0.39, 0.29) is 6.04 Å². The zero-order chi connectivity index (χ0) is 14.2. The lowest BCUT2D eigenvalue weighted by Gasteiger charge is -2.30. The minimum absolute atomic E-state index is 0.154. The monoisotopic (exact) mass is 276 g/mol. The Morgan fingerprint density at radius 2 is 1.86 bits per heavy atom. The van der Waals surface area contributed by atoms with Gasteiger partial charge in [0.25, 0.3) is 0 Å². The van der Waals surface area contributed by atoms with Gasteiger partial charge in [0, 0.05) is 18.0 Å². The number of ether oxygens (including phenoxy) is 1. The number of hydrogen-bond donors (Lipinski definition) is 1. The molecule has 0 radical (unpaired) electrons. The molecule has 0 saturated heterocycles. The van der Waals surface area contributed by atoms with Gasteiger partial charge in [0.05, 0.1) is 24.5 Å². The molecule has 0 saturated carbocycles. The molecule has 21 heavy (non-hydrogen) atoms. The third kappa shape index (κ3) is 1.89. The van der Waals surface area contributed by atoms with Crippen molar-refractivity contribution in [3.63, 3.8) is 0 Å². The first kappa shape index (κ1) is 12.1. The van der Waals surface area contributed by atoms with Crippen molar-refractivity contribution in [3.05, 3.63) is 78.1 Å². The van der Waals surface area contributed by atoms with E-state index in [1.54, 1.807) is 7.11 Å². The van der Waals surface area contributed by atoms with Crippen LogP contribution < -0.4 is 10.1 Å². The van der Waals surface area contributed by atoms with Crippen molar-refractivity contribution in [1.82, 2.24) is 4.57 Å². The minimum Gasteiger partial charge on any atom is -0.497 e. The Hall–Kier alpha value is -2.68. The van der Waals surface area contributed by atoms with Crippen LogP contribution >= 0.6 is 0 Å². The van der Waals surface area contributed by atoms with E-state index in [0.29, 0.717) is 0 Å². The maximum Gasteiger partial charge on any atom is 0.121 e. The van der Waals surface area contributed by atoms with Gasteiger partial charge < -0.3 is 14.6 Å². The molecule has 0 aliphatic carbocycles. The van der Waals surface area contributed by atoms with Gasteiger partial charge in [0.2, 0.25) is 0 Å². The highest BCUT2D eigenvalue weighted by Gasteiger charge is 2.24. The Bertz CT molecular complexity index is 777. The number of methoxy groups -OCH3 is 1. The molecule has 1 aliphatic rings. The maximum atomic E-state index is 5.34. The topological polar surface area (TPSA) is 26.2 Å². The number of fused-ring (bicyclic) bond motifs is 3. The summed E-state index contributed by atoms with van der Waals surface area (Å²) in [6.45, 7) is 0. The van der Waals surface area contributed by atoms with Gasteiger partial charge in [0.1, 0.15) is 5.75 Å². The van der Waals surface area contributed by atoms with Crippen molar-refractivity contribution in [2.24, 2.45) is 0 Å². The molecule has 3 aromatic rings. The average Bonchev–Trinajstić information content (AvgIpc) is 3.04. The van der Waals surface area contributed by atoms with Gasteiger partial charge >= 0.3 is 0 Å². The Kier molecular flexibility index (Phi) is 2.71. The Morgan fingerprint density at radius 1 is 1.00 bits per heavy atom. The molecule has 2 aromatic carbocycles. The van der Waals surface area contributed by atoms with E-state index in [1.165, 1.54) is 11.3 Å². The van der Waals surface area contributed by atoms with Crippen molar-refractivity contribution in [3.8, 4) is 11.4 Å². The lowest BCUT2D eigenvalue weighted by Crippen LogP contribution is -2.21. The summed E-state index contributed by atoms with van der Waals surface area (Å²) in [5, 5.41) is 3.63. The standard InChI is InChI=1S/C18H16N2O/c1-21-14-9-10-16-15(12-14)19-18(13-6-3-2-4-7-13)17-8-5-11-20(16)17/h2-12,18-19H,1H3. The van der Waals surface area contributed by atoms with Gasteiger partial charge in [-0.1, -0.05) is 30.3 Å². The fourth-order valence-electron chi connectivity index (χ4n) is 2.95. The molecule has 2 heterocycles. The number of nitrogens with zero attached hydrogens (tertiary/aromatic N) is 1. The molecule has 0 fully saturated rings. The van der Waals surface area contributed by atoms with Crippen LogP contribution in [0.15, 0.2) is 66.9 Å². The second kappa shape index (κ2) is 4.70. The molecule has 0 amide bonds. The fourth-order valence-corrected chi connectivity index (χ4v) is 2.95. The zero-order valence-electron chi connectivity index (χ0n) is 11.8.